The summed E-state index contributed by atoms with van der Waals surface area (Å²) >= 11 is 0. The normalized spacial score (nSPS) is 11.2. The van der Waals surface area contributed by atoms with Crippen LogP contribution < -0.4 is 0 Å². The molecule has 0 atom stereocenters. The number of phenolic OH excluding ortho intramolecular Hbond substituents is 1. The van der Waals surface area contributed by atoms with Crippen LogP contribution in [0, 0.1) is 24.4 Å². The number of para-hydroxylation sites is 1. The maximum atomic E-state index is 13.3. The zero-order chi connectivity index (χ0) is 14.0. The van der Waals surface area contributed by atoms with Crippen LogP contribution in [0.3, 0.4) is 0 Å². The van der Waals surface area contributed by atoms with Gasteiger partial charge in [0.05, 0.1) is 0 Å². The molecule has 2 aromatic carbocycles. The maximum absolute atomic E-state index is 13.3. The van der Waals surface area contributed by atoms with Gasteiger partial charge in [-0.05, 0) is 18.6 Å². The van der Waals surface area contributed by atoms with Crippen LogP contribution in [0.2, 0.25) is 0 Å². The Kier molecular flexibility index (Phi) is 3.55. The highest BCUT2D eigenvalue weighted by atomic mass is 19.1. The van der Waals surface area contributed by atoms with Crippen molar-refractivity contribution < 1.29 is 18.3 Å². The predicted molar refractivity (Wildman–Crippen MR) is 66.4 cm³/mol. The quantitative estimate of drug-likeness (QED) is 0.821. The SMILES string of the molecule is Cc1cccc(C=Nc2c(F)cc(F)cc2F)c1O. The van der Waals surface area contributed by atoms with E-state index in [9.17, 15) is 18.3 Å². The van der Waals surface area contributed by atoms with Crippen molar-refractivity contribution in [2.75, 3.05) is 0 Å². The summed E-state index contributed by atoms with van der Waals surface area (Å²) in [5.74, 6) is -3.22. The van der Waals surface area contributed by atoms with Crippen LogP contribution in [0.15, 0.2) is 35.3 Å². The number of hydrogen-bond acceptors (Lipinski definition) is 2. The van der Waals surface area contributed by atoms with Gasteiger partial charge in [-0.15, -0.1) is 0 Å². The molecule has 0 aromatic heterocycles. The average molecular weight is 265 g/mol. The minimum Gasteiger partial charge on any atom is -0.507 e. The maximum Gasteiger partial charge on any atom is 0.154 e. The number of halogens is 3. The molecule has 0 spiro atoms. The van der Waals surface area contributed by atoms with Crippen LogP contribution >= 0.6 is 0 Å². The summed E-state index contributed by atoms with van der Waals surface area (Å²) in [6.45, 7) is 1.69. The molecule has 0 bridgehead atoms. The van der Waals surface area contributed by atoms with E-state index < -0.39 is 23.1 Å². The molecule has 1 N–H and O–H groups in total. The molecule has 98 valence electrons. The largest absolute Gasteiger partial charge is 0.507 e. The summed E-state index contributed by atoms with van der Waals surface area (Å²) in [5, 5.41) is 9.72. The van der Waals surface area contributed by atoms with Gasteiger partial charge in [-0.1, -0.05) is 12.1 Å². The lowest BCUT2D eigenvalue weighted by atomic mass is 10.1. The van der Waals surface area contributed by atoms with E-state index in [-0.39, 0.29) is 5.75 Å². The fraction of sp³-hybridized carbons (Fsp3) is 0.0714. The summed E-state index contributed by atoms with van der Waals surface area (Å²) < 4.78 is 39.4. The molecular weight excluding hydrogens is 255 g/mol. The number of aryl methyl sites for hydroxylation is 1. The molecule has 5 heteroatoms. The number of aromatic hydroxyl groups is 1. The van der Waals surface area contributed by atoms with E-state index in [1.54, 1.807) is 25.1 Å². The Bertz CT molecular complexity index is 630. The van der Waals surface area contributed by atoms with Gasteiger partial charge >= 0.3 is 0 Å². The highest BCUT2D eigenvalue weighted by molar-refractivity contribution is 5.86. The minimum atomic E-state index is -1.10. The number of benzene rings is 2. The summed E-state index contributed by atoms with van der Waals surface area (Å²) in [6.07, 6.45) is 1.13. The fourth-order valence-electron chi connectivity index (χ4n) is 1.58. The van der Waals surface area contributed by atoms with Crippen LogP contribution in [0.1, 0.15) is 11.1 Å². The van der Waals surface area contributed by atoms with Gasteiger partial charge in [-0.25, -0.2) is 18.2 Å². The predicted octanol–water partition coefficient (Wildman–Crippen LogP) is 3.87. The number of rotatable bonds is 2. The highest BCUT2D eigenvalue weighted by Crippen LogP contribution is 2.25. The Hall–Kier alpha value is -2.30. The minimum absolute atomic E-state index is 0.0193. The van der Waals surface area contributed by atoms with Gasteiger partial charge in [0.25, 0.3) is 0 Å². The number of phenols is 1. The van der Waals surface area contributed by atoms with Crippen LogP contribution in [-0.4, -0.2) is 11.3 Å². The first-order chi connectivity index (χ1) is 8.99. The van der Waals surface area contributed by atoms with Gasteiger partial charge in [0.2, 0.25) is 0 Å². The van der Waals surface area contributed by atoms with Gasteiger partial charge < -0.3 is 5.11 Å². The zero-order valence-corrected chi connectivity index (χ0v) is 9.99. The molecule has 2 rings (SSSR count). The Morgan fingerprint density at radius 2 is 1.74 bits per heavy atom. The lowest BCUT2D eigenvalue weighted by Gasteiger charge is -2.02. The third-order valence-electron chi connectivity index (χ3n) is 2.58. The first-order valence-corrected chi connectivity index (χ1v) is 5.46. The standard InChI is InChI=1S/C14H10F3NO/c1-8-3-2-4-9(14(8)19)7-18-13-11(16)5-10(15)6-12(13)17/h2-7,19H,1H3. The van der Waals surface area contributed by atoms with Crippen molar-refractivity contribution in [3.63, 3.8) is 0 Å². The van der Waals surface area contributed by atoms with Gasteiger partial charge in [0, 0.05) is 23.9 Å². The highest BCUT2D eigenvalue weighted by Gasteiger charge is 2.10. The van der Waals surface area contributed by atoms with E-state index >= 15 is 0 Å². The molecule has 0 fully saturated rings. The molecule has 0 radical (unpaired) electrons. The van der Waals surface area contributed by atoms with Gasteiger partial charge in [-0.3, -0.25) is 0 Å². The van der Waals surface area contributed by atoms with E-state index in [4.69, 9.17) is 0 Å². The van der Waals surface area contributed by atoms with E-state index in [1.165, 1.54) is 0 Å². The number of aliphatic imine (C=N–C) groups is 1. The van der Waals surface area contributed by atoms with Crippen LogP contribution in [0.5, 0.6) is 5.75 Å². The van der Waals surface area contributed by atoms with Crippen LogP contribution in [0.4, 0.5) is 18.9 Å². The number of hydrogen-bond donors (Lipinski definition) is 1. The lowest BCUT2D eigenvalue weighted by molar-refractivity contribution is 0.470. The molecule has 2 aromatic rings. The second-order valence-corrected chi connectivity index (χ2v) is 3.99. The Morgan fingerprint density at radius 1 is 1.11 bits per heavy atom. The zero-order valence-electron chi connectivity index (χ0n) is 9.99. The molecule has 0 aliphatic carbocycles. The molecule has 0 saturated carbocycles. The second-order valence-electron chi connectivity index (χ2n) is 3.99. The van der Waals surface area contributed by atoms with Crippen molar-refractivity contribution in [2.24, 2.45) is 4.99 Å². The third kappa shape index (κ3) is 2.76. The van der Waals surface area contributed by atoms with Gasteiger partial charge in [0.1, 0.15) is 17.3 Å². The molecule has 0 amide bonds. The van der Waals surface area contributed by atoms with E-state index in [0.29, 0.717) is 23.3 Å². The van der Waals surface area contributed by atoms with Crippen LogP contribution in [0.25, 0.3) is 0 Å². The molecular formula is C14H10F3NO. The topological polar surface area (TPSA) is 32.6 Å². The molecule has 0 aliphatic rings. The van der Waals surface area contributed by atoms with Crippen molar-refractivity contribution in [3.05, 3.63) is 58.9 Å². The summed E-state index contributed by atoms with van der Waals surface area (Å²) in [7, 11) is 0. The van der Waals surface area contributed by atoms with E-state index in [0.717, 1.165) is 6.21 Å². The second kappa shape index (κ2) is 5.14. The third-order valence-corrected chi connectivity index (χ3v) is 2.58. The Balaban J connectivity index is 2.41. The summed E-state index contributed by atoms with van der Waals surface area (Å²) in [6, 6.07) is 6.00. The summed E-state index contributed by atoms with van der Waals surface area (Å²) in [4.78, 5) is 3.62. The first kappa shape index (κ1) is 13.1. The van der Waals surface area contributed by atoms with Crippen molar-refractivity contribution in [2.45, 2.75) is 6.92 Å². The van der Waals surface area contributed by atoms with Crippen molar-refractivity contribution in [1.82, 2.24) is 0 Å². The van der Waals surface area contributed by atoms with Gasteiger partial charge in [0.15, 0.2) is 11.6 Å². The average Bonchev–Trinajstić information content (AvgIpc) is 2.33. The fourth-order valence-corrected chi connectivity index (χ4v) is 1.58. The number of nitrogens with zero attached hydrogens (tertiary/aromatic N) is 1. The van der Waals surface area contributed by atoms with Crippen molar-refractivity contribution in [3.8, 4) is 5.75 Å². The molecule has 0 saturated heterocycles. The van der Waals surface area contributed by atoms with Crippen molar-refractivity contribution in [1.29, 1.82) is 0 Å². The van der Waals surface area contributed by atoms with E-state index in [2.05, 4.69) is 4.99 Å². The molecule has 0 heterocycles. The Labute approximate surface area is 107 Å². The first-order valence-electron chi connectivity index (χ1n) is 5.46. The molecule has 0 unspecified atom stereocenters. The van der Waals surface area contributed by atoms with Crippen LogP contribution in [-0.2, 0) is 0 Å². The molecule has 0 aliphatic heterocycles. The molecule has 2 nitrogen and oxygen atoms in total. The van der Waals surface area contributed by atoms with Gasteiger partial charge in [-0.2, -0.15) is 0 Å². The lowest BCUT2D eigenvalue weighted by Crippen LogP contribution is -1.89. The van der Waals surface area contributed by atoms with Crippen molar-refractivity contribution >= 4 is 11.9 Å². The Morgan fingerprint density at radius 3 is 2.37 bits per heavy atom. The monoisotopic (exact) mass is 265 g/mol. The smallest absolute Gasteiger partial charge is 0.154 e. The van der Waals surface area contributed by atoms with E-state index in [1.807, 2.05) is 0 Å². The molecule has 19 heavy (non-hydrogen) atoms. The summed E-state index contributed by atoms with van der Waals surface area (Å²) in [5.41, 5.74) is 0.342.